The average Bonchev–Trinajstić information content (AvgIpc) is 2.50. The summed E-state index contributed by atoms with van der Waals surface area (Å²) < 4.78 is 107. The van der Waals surface area contributed by atoms with E-state index < -0.39 is 55.5 Å². The Morgan fingerprint density at radius 2 is 1.56 bits per heavy atom. The molecule has 1 unspecified atom stereocenters. The second-order valence-electron chi connectivity index (χ2n) is 5.63. The molecule has 1 atom stereocenters. The quantitative estimate of drug-likeness (QED) is 0.355. The highest BCUT2D eigenvalue weighted by Gasteiger charge is 2.67. The van der Waals surface area contributed by atoms with Crippen molar-refractivity contribution in [3.63, 3.8) is 0 Å². The number of ether oxygens (including phenoxy) is 1. The summed E-state index contributed by atoms with van der Waals surface area (Å²) in [7, 11) is -11.0. The van der Waals surface area contributed by atoms with Crippen molar-refractivity contribution in [1.29, 1.82) is 0 Å². The van der Waals surface area contributed by atoms with Crippen molar-refractivity contribution in [3.05, 3.63) is 0 Å². The largest absolute Gasteiger partial charge is 0.461 e. The fourth-order valence-electron chi connectivity index (χ4n) is 2.03. The minimum atomic E-state index is -6.28. The normalized spacial score (nSPS) is 15.0. The van der Waals surface area contributed by atoms with Crippen LogP contribution in [0.25, 0.3) is 0 Å². The molecule has 0 heterocycles. The maximum atomic E-state index is 14.2. The van der Waals surface area contributed by atoms with Gasteiger partial charge in [-0.1, -0.05) is 13.8 Å². The highest BCUT2D eigenvalue weighted by molar-refractivity contribution is 8.05. The smallest absolute Gasteiger partial charge is 0.421 e. The molecule has 0 saturated carbocycles. The minimum absolute atomic E-state index is 0.334. The monoisotopic (exact) mass is 444 g/mol. The molecule has 0 aliphatic rings. The van der Waals surface area contributed by atoms with Crippen LogP contribution in [0.2, 0.25) is 0 Å². The predicted octanol–water partition coefficient (Wildman–Crippen LogP) is 1.15. The van der Waals surface area contributed by atoms with Gasteiger partial charge in [-0.25, -0.2) is 16.8 Å². The second kappa shape index (κ2) is 9.47. The van der Waals surface area contributed by atoms with Crippen LogP contribution >= 0.6 is 0 Å². The van der Waals surface area contributed by atoms with Crippen LogP contribution in [0.15, 0.2) is 0 Å². The lowest BCUT2D eigenvalue weighted by Crippen LogP contribution is -2.55. The lowest BCUT2D eigenvalue weighted by atomic mass is 10.1. The molecule has 0 saturated heterocycles. The van der Waals surface area contributed by atoms with Gasteiger partial charge in [0, 0.05) is 13.5 Å². The molecule has 1 N–H and O–H groups in total. The molecule has 8 nitrogen and oxygen atoms in total. The van der Waals surface area contributed by atoms with E-state index in [2.05, 4.69) is 4.74 Å². The van der Waals surface area contributed by atoms with Crippen LogP contribution in [0.1, 0.15) is 34.1 Å². The van der Waals surface area contributed by atoms with Crippen molar-refractivity contribution in [2.24, 2.45) is 0 Å². The van der Waals surface area contributed by atoms with Crippen LogP contribution in [-0.4, -0.2) is 70.4 Å². The van der Waals surface area contributed by atoms with E-state index in [0.717, 1.165) is 13.8 Å². The topological polar surface area (TPSA) is 110 Å². The number of likely N-dealkylation sites (N-methyl/N-ethyl adjacent to an activating group) is 1. The Labute approximate surface area is 156 Å². The SMILES string of the molecule is CCN(CC)CC(CC(F)(F)C(F)(F)S(=O)(=O)NS(=O)(=O)CC)OC(C)=O. The minimum Gasteiger partial charge on any atom is -0.461 e. The Morgan fingerprint density at radius 1 is 1.07 bits per heavy atom. The summed E-state index contributed by atoms with van der Waals surface area (Å²) in [4.78, 5) is 12.6. The Bertz CT molecular complexity index is 708. The third-order valence-electron chi connectivity index (χ3n) is 3.55. The Hall–Kier alpha value is -0.990. The molecular weight excluding hydrogens is 420 g/mol. The number of carbonyl (C=O) groups is 1. The summed E-state index contributed by atoms with van der Waals surface area (Å²) in [6.45, 7) is 5.48. The van der Waals surface area contributed by atoms with E-state index in [1.807, 2.05) is 0 Å². The van der Waals surface area contributed by atoms with Crippen LogP contribution in [0, 0.1) is 0 Å². The maximum absolute atomic E-state index is 14.2. The van der Waals surface area contributed by atoms with Gasteiger partial charge in [0.1, 0.15) is 6.10 Å². The molecule has 14 heteroatoms. The number of carbonyl (C=O) groups excluding carboxylic acids is 1. The molecule has 0 rings (SSSR count). The molecule has 0 spiro atoms. The van der Waals surface area contributed by atoms with Gasteiger partial charge in [-0.05, 0) is 20.0 Å². The fraction of sp³-hybridized carbons (Fsp3) is 0.923. The number of nitrogens with one attached hydrogen (secondary N) is 1. The molecule has 162 valence electrons. The van der Waals surface area contributed by atoms with Crippen LogP contribution in [0.3, 0.4) is 0 Å². The molecule has 0 aromatic rings. The van der Waals surface area contributed by atoms with Crippen LogP contribution in [-0.2, 0) is 29.6 Å². The summed E-state index contributed by atoms with van der Waals surface area (Å²) in [5.41, 5.74) is 0. The number of nitrogens with zero attached hydrogens (tertiary/aromatic N) is 1. The van der Waals surface area contributed by atoms with Gasteiger partial charge in [-0.3, -0.25) is 4.79 Å². The van der Waals surface area contributed by atoms with Gasteiger partial charge in [0.2, 0.25) is 10.0 Å². The molecular formula is C13H24F4N2O6S2. The number of hydrogen-bond donors (Lipinski definition) is 1. The van der Waals surface area contributed by atoms with E-state index in [1.54, 1.807) is 13.8 Å². The van der Waals surface area contributed by atoms with Crippen molar-refractivity contribution in [2.75, 3.05) is 25.4 Å². The zero-order valence-corrected chi connectivity index (χ0v) is 17.0. The molecule has 0 fully saturated rings. The number of esters is 1. The van der Waals surface area contributed by atoms with Crippen molar-refractivity contribution < 1.29 is 43.9 Å². The maximum Gasteiger partial charge on any atom is 0.421 e. The Balaban J connectivity index is 5.72. The first-order valence-corrected chi connectivity index (χ1v) is 11.1. The van der Waals surface area contributed by atoms with Crippen LogP contribution < -0.4 is 4.13 Å². The summed E-state index contributed by atoms with van der Waals surface area (Å²) in [6.07, 6.45) is -3.55. The van der Waals surface area contributed by atoms with Gasteiger partial charge < -0.3 is 9.64 Å². The van der Waals surface area contributed by atoms with E-state index >= 15 is 0 Å². The standard InChI is InChI=1S/C13H24F4N2O6S2/c1-5-19(6-2)9-11(25-10(4)20)8-12(14,15)13(16,17)27(23,24)18-26(21,22)7-3/h11,18H,5-9H2,1-4H3. The first kappa shape index (κ1) is 26.0. The molecule has 0 radical (unpaired) electrons. The highest BCUT2D eigenvalue weighted by Crippen LogP contribution is 2.42. The lowest BCUT2D eigenvalue weighted by Gasteiger charge is -2.31. The number of rotatable bonds is 12. The number of sulfonamides is 2. The molecule has 0 aliphatic heterocycles. The van der Waals surface area contributed by atoms with Gasteiger partial charge in [-0.15, -0.1) is 4.13 Å². The summed E-state index contributed by atoms with van der Waals surface area (Å²) in [6, 6.07) is 0. The van der Waals surface area contributed by atoms with E-state index in [9.17, 15) is 39.2 Å². The van der Waals surface area contributed by atoms with Gasteiger partial charge in [-0.2, -0.15) is 17.6 Å². The fourth-order valence-corrected chi connectivity index (χ4v) is 4.73. The molecule has 0 aromatic heterocycles. The Kier molecular flexibility index (Phi) is 9.13. The van der Waals surface area contributed by atoms with E-state index in [1.165, 1.54) is 4.90 Å². The number of halogens is 4. The zero-order valence-electron chi connectivity index (χ0n) is 15.3. The summed E-state index contributed by atoms with van der Waals surface area (Å²) in [5, 5.41) is -5.76. The van der Waals surface area contributed by atoms with Crippen molar-refractivity contribution in [3.8, 4) is 0 Å². The number of hydrogen-bond acceptors (Lipinski definition) is 7. The molecule has 0 aromatic carbocycles. The van der Waals surface area contributed by atoms with Gasteiger partial charge in [0.05, 0.1) is 12.2 Å². The highest BCUT2D eigenvalue weighted by atomic mass is 32.3. The van der Waals surface area contributed by atoms with E-state index in [4.69, 9.17) is 0 Å². The Morgan fingerprint density at radius 3 is 1.93 bits per heavy atom. The first-order valence-electron chi connectivity index (χ1n) is 7.96. The predicted molar refractivity (Wildman–Crippen MR) is 89.4 cm³/mol. The van der Waals surface area contributed by atoms with Crippen molar-refractivity contribution >= 4 is 26.0 Å². The van der Waals surface area contributed by atoms with Crippen molar-refractivity contribution in [1.82, 2.24) is 9.03 Å². The third-order valence-corrected chi connectivity index (χ3v) is 7.18. The van der Waals surface area contributed by atoms with Gasteiger partial charge in [0.25, 0.3) is 10.0 Å². The van der Waals surface area contributed by atoms with Crippen molar-refractivity contribution in [2.45, 2.75) is 51.4 Å². The lowest BCUT2D eigenvalue weighted by molar-refractivity contribution is -0.184. The molecule has 0 aliphatic carbocycles. The van der Waals surface area contributed by atoms with Gasteiger partial charge in [0.15, 0.2) is 0 Å². The van der Waals surface area contributed by atoms with Crippen LogP contribution in [0.4, 0.5) is 17.6 Å². The first-order chi connectivity index (χ1) is 12.0. The molecule has 27 heavy (non-hydrogen) atoms. The summed E-state index contributed by atoms with van der Waals surface area (Å²) in [5.74, 6) is -7.14. The average molecular weight is 444 g/mol. The molecule has 0 amide bonds. The van der Waals surface area contributed by atoms with Crippen LogP contribution in [0.5, 0.6) is 0 Å². The molecule has 0 bridgehead atoms. The second-order valence-corrected chi connectivity index (χ2v) is 9.63. The summed E-state index contributed by atoms with van der Waals surface area (Å²) >= 11 is 0. The van der Waals surface area contributed by atoms with E-state index in [-0.39, 0.29) is 6.54 Å². The van der Waals surface area contributed by atoms with E-state index in [0.29, 0.717) is 17.2 Å². The number of alkyl halides is 4. The zero-order chi connectivity index (χ0) is 21.7. The van der Waals surface area contributed by atoms with Gasteiger partial charge >= 0.3 is 17.1 Å². The third kappa shape index (κ3) is 7.16.